The lowest BCUT2D eigenvalue weighted by molar-refractivity contribution is 0.261. The Morgan fingerprint density at radius 1 is 1.10 bits per heavy atom. The number of nitrogens with zero attached hydrogens (tertiary/aromatic N) is 2. The summed E-state index contributed by atoms with van der Waals surface area (Å²) in [7, 11) is -3.40. The van der Waals surface area contributed by atoms with Gasteiger partial charge in [-0.25, -0.2) is 0 Å². The molecule has 1 aromatic carbocycles. The van der Waals surface area contributed by atoms with Crippen molar-refractivity contribution in [3.8, 4) is 0 Å². The SMILES string of the molecule is NCC1c2ccccc2CCN1S(=O)(=O)N1CCCCC1. The molecule has 1 fully saturated rings. The van der Waals surface area contributed by atoms with Crippen LogP contribution in [-0.2, 0) is 16.6 Å². The zero-order valence-electron chi connectivity index (χ0n) is 12.2. The molecule has 1 saturated heterocycles. The lowest BCUT2D eigenvalue weighted by Crippen LogP contribution is -2.51. The van der Waals surface area contributed by atoms with Gasteiger partial charge in [0.1, 0.15) is 0 Å². The minimum Gasteiger partial charge on any atom is -0.329 e. The fraction of sp³-hybridized carbons (Fsp3) is 0.600. The first-order valence-corrected chi connectivity index (χ1v) is 9.09. The van der Waals surface area contributed by atoms with E-state index in [9.17, 15) is 8.42 Å². The van der Waals surface area contributed by atoms with Crippen molar-refractivity contribution in [2.75, 3.05) is 26.2 Å². The molecule has 2 aliphatic heterocycles. The summed E-state index contributed by atoms with van der Waals surface area (Å²) in [5, 5.41) is 0. The van der Waals surface area contributed by atoms with Gasteiger partial charge in [0.05, 0.1) is 6.04 Å². The van der Waals surface area contributed by atoms with Gasteiger partial charge in [0.15, 0.2) is 0 Å². The maximum atomic E-state index is 12.9. The van der Waals surface area contributed by atoms with Crippen molar-refractivity contribution in [2.45, 2.75) is 31.7 Å². The van der Waals surface area contributed by atoms with Gasteiger partial charge < -0.3 is 5.73 Å². The fourth-order valence-electron chi connectivity index (χ4n) is 3.39. The summed E-state index contributed by atoms with van der Waals surface area (Å²) in [5.74, 6) is 0. The second-order valence-corrected chi connectivity index (χ2v) is 7.66. The molecule has 0 aromatic heterocycles. The topological polar surface area (TPSA) is 66.6 Å². The molecular weight excluding hydrogens is 286 g/mol. The van der Waals surface area contributed by atoms with Crippen molar-refractivity contribution < 1.29 is 8.42 Å². The van der Waals surface area contributed by atoms with Gasteiger partial charge in [0.2, 0.25) is 0 Å². The first-order valence-electron chi connectivity index (χ1n) is 7.69. The summed E-state index contributed by atoms with van der Waals surface area (Å²) in [6, 6.07) is 7.80. The highest BCUT2D eigenvalue weighted by Gasteiger charge is 2.38. The van der Waals surface area contributed by atoms with E-state index in [1.54, 1.807) is 8.61 Å². The van der Waals surface area contributed by atoms with Gasteiger partial charge in [-0.2, -0.15) is 17.0 Å². The van der Waals surface area contributed by atoms with Crippen LogP contribution in [0.1, 0.15) is 36.4 Å². The molecule has 1 aromatic rings. The van der Waals surface area contributed by atoms with Gasteiger partial charge in [-0.05, 0) is 30.4 Å². The van der Waals surface area contributed by atoms with Crippen LogP contribution >= 0.6 is 0 Å². The van der Waals surface area contributed by atoms with Crippen LogP contribution in [0, 0.1) is 0 Å². The lowest BCUT2D eigenvalue weighted by atomic mass is 9.94. The largest absolute Gasteiger partial charge is 0.329 e. The average Bonchev–Trinajstić information content (AvgIpc) is 2.54. The highest BCUT2D eigenvalue weighted by Crippen LogP contribution is 2.32. The third kappa shape index (κ3) is 2.73. The Morgan fingerprint density at radius 2 is 1.81 bits per heavy atom. The molecule has 6 heteroatoms. The summed E-state index contributed by atoms with van der Waals surface area (Å²) >= 11 is 0. The van der Waals surface area contributed by atoms with Crippen LogP contribution in [-0.4, -0.2) is 43.2 Å². The zero-order valence-corrected chi connectivity index (χ0v) is 13.1. The number of rotatable bonds is 3. The molecule has 0 saturated carbocycles. The molecule has 0 amide bonds. The summed E-state index contributed by atoms with van der Waals surface area (Å²) in [5.41, 5.74) is 8.19. The van der Waals surface area contributed by atoms with Crippen molar-refractivity contribution in [1.82, 2.24) is 8.61 Å². The zero-order chi connectivity index (χ0) is 14.9. The summed E-state index contributed by atoms with van der Waals surface area (Å²) < 4.78 is 29.1. The van der Waals surface area contributed by atoms with E-state index in [0.717, 1.165) is 31.2 Å². The van der Waals surface area contributed by atoms with Crippen molar-refractivity contribution in [3.63, 3.8) is 0 Å². The second kappa shape index (κ2) is 6.04. The van der Waals surface area contributed by atoms with Gasteiger partial charge in [-0.3, -0.25) is 0 Å². The van der Waals surface area contributed by atoms with Crippen molar-refractivity contribution in [3.05, 3.63) is 35.4 Å². The minimum absolute atomic E-state index is 0.234. The molecule has 1 atom stereocenters. The van der Waals surface area contributed by atoms with Gasteiger partial charge in [0.25, 0.3) is 10.2 Å². The van der Waals surface area contributed by atoms with E-state index < -0.39 is 10.2 Å². The molecule has 2 N–H and O–H groups in total. The highest BCUT2D eigenvalue weighted by molar-refractivity contribution is 7.86. The molecule has 0 spiro atoms. The molecule has 21 heavy (non-hydrogen) atoms. The quantitative estimate of drug-likeness (QED) is 0.914. The summed E-state index contributed by atoms with van der Waals surface area (Å²) in [6.07, 6.45) is 3.79. The predicted molar refractivity (Wildman–Crippen MR) is 83.0 cm³/mol. The smallest absolute Gasteiger partial charge is 0.282 e. The van der Waals surface area contributed by atoms with Crippen LogP contribution < -0.4 is 5.73 Å². The van der Waals surface area contributed by atoms with E-state index in [0.29, 0.717) is 26.2 Å². The van der Waals surface area contributed by atoms with Crippen molar-refractivity contribution in [1.29, 1.82) is 0 Å². The third-order valence-corrected chi connectivity index (χ3v) is 6.57. The molecule has 2 heterocycles. The van der Waals surface area contributed by atoms with Crippen LogP contribution in [0.25, 0.3) is 0 Å². The van der Waals surface area contributed by atoms with Gasteiger partial charge >= 0.3 is 0 Å². The van der Waals surface area contributed by atoms with E-state index in [4.69, 9.17) is 5.73 Å². The second-order valence-electron chi connectivity index (χ2n) is 5.78. The van der Waals surface area contributed by atoms with Gasteiger partial charge in [-0.1, -0.05) is 30.7 Å². The Balaban J connectivity index is 1.91. The maximum absolute atomic E-state index is 12.9. The van der Waals surface area contributed by atoms with Crippen LogP contribution in [0.15, 0.2) is 24.3 Å². The number of hydrogen-bond donors (Lipinski definition) is 1. The first kappa shape index (κ1) is 15.0. The van der Waals surface area contributed by atoms with Gasteiger partial charge in [0, 0.05) is 26.2 Å². The number of hydrogen-bond acceptors (Lipinski definition) is 3. The Hall–Kier alpha value is -0.950. The first-order chi connectivity index (χ1) is 10.1. The number of piperidine rings is 1. The Labute approximate surface area is 126 Å². The number of fused-ring (bicyclic) bond motifs is 1. The standard InChI is InChI=1S/C15H23N3O2S/c16-12-15-14-7-3-2-6-13(14)8-11-18(15)21(19,20)17-9-4-1-5-10-17/h2-3,6-7,15H,1,4-5,8-12,16H2. The average molecular weight is 309 g/mol. The van der Waals surface area contributed by atoms with Crippen LogP contribution in [0.3, 0.4) is 0 Å². The summed E-state index contributed by atoms with van der Waals surface area (Å²) in [4.78, 5) is 0. The van der Waals surface area contributed by atoms with Crippen molar-refractivity contribution >= 4 is 10.2 Å². The Kier molecular flexibility index (Phi) is 4.31. The molecule has 0 radical (unpaired) electrons. The lowest BCUT2D eigenvalue weighted by Gasteiger charge is -2.39. The predicted octanol–water partition coefficient (Wildman–Crippen LogP) is 1.28. The van der Waals surface area contributed by atoms with Crippen molar-refractivity contribution in [2.24, 2.45) is 5.73 Å². The third-order valence-electron chi connectivity index (χ3n) is 4.52. The molecule has 3 rings (SSSR count). The summed E-state index contributed by atoms with van der Waals surface area (Å²) in [6.45, 7) is 2.12. The molecule has 0 bridgehead atoms. The minimum atomic E-state index is -3.40. The molecule has 1 unspecified atom stereocenters. The molecule has 5 nitrogen and oxygen atoms in total. The molecular formula is C15H23N3O2S. The van der Waals surface area contributed by atoms with E-state index >= 15 is 0 Å². The van der Waals surface area contributed by atoms with E-state index in [1.807, 2.05) is 18.2 Å². The van der Waals surface area contributed by atoms with Crippen LogP contribution in [0.4, 0.5) is 0 Å². The van der Waals surface area contributed by atoms with E-state index in [1.165, 1.54) is 5.56 Å². The van der Waals surface area contributed by atoms with Gasteiger partial charge in [-0.15, -0.1) is 0 Å². The highest BCUT2D eigenvalue weighted by atomic mass is 32.2. The number of benzene rings is 1. The normalized spacial score (nSPS) is 24.7. The van der Waals surface area contributed by atoms with E-state index in [-0.39, 0.29) is 6.04 Å². The Morgan fingerprint density at radius 3 is 2.52 bits per heavy atom. The fourth-order valence-corrected chi connectivity index (χ4v) is 5.25. The number of nitrogens with two attached hydrogens (primary N) is 1. The van der Waals surface area contributed by atoms with E-state index in [2.05, 4.69) is 6.07 Å². The molecule has 2 aliphatic rings. The van der Waals surface area contributed by atoms with Crippen LogP contribution in [0.5, 0.6) is 0 Å². The molecule has 0 aliphatic carbocycles. The monoisotopic (exact) mass is 309 g/mol. The van der Waals surface area contributed by atoms with Crippen LogP contribution in [0.2, 0.25) is 0 Å². The Bertz CT molecular complexity index is 597. The molecule has 116 valence electrons. The maximum Gasteiger partial charge on any atom is 0.282 e.